The zero-order chi connectivity index (χ0) is 25.4. The van der Waals surface area contributed by atoms with Crippen LogP contribution >= 0.6 is 11.8 Å². The van der Waals surface area contributed by atoms with Gasteiger partial charge in [-0.15, -0.1) is 0 Å². The van der Waals surface area contributed by atoms with Crippen LogP contribution in [0, 0.1) is 19.8 Å². The van der Waals surface area contributed by atoms with Crippen molar-refractivity contribution in [3.05, 3.63) is 77.4 Å². The summed E-state index contributed by atoms with van der Waals surface area (Å²) in [6.07, 6.45) is 1.02. The third-order valence-corrected chi connectivity index (χ3v) is 7.97. The largest absolute Gasteiger partial charge is 0.326 e. The third-order valence-electron chi connectivity index (χ3n) is 6.85. The minimum Gasteiger partial charge on any atom is -0.326 e. The molecule has 0 saturated carbocycles. The molecular formula is C29H29N3O3S. The summed E-state index contributed by atoms with van der Waals surface area (Å²) in [4.78, 5) is 44.5. The van der Waals surface area contributed by atoms with Crippen molar-refractivity contribution in [1.82, 2.24) is 0 Å². The van der Waals surface area contributed by atoms with Crippen LogP contribution in [0.1, 0.15) is 41.3 Å². The summed E-state index contributed by atoms with van der Waals surface area (Å²) in [5.74, 6) is -0.646. The zero-order valence-corrected chi connectivity index (χ0v) is 21.5. The van der Waals surface area contributed by atoms with Crippen LogP contribution in [0.2, 0.25) is 0 Å². The molecule has 36 heavy (non-hydrogen) atoms. The molecule has 0 bridgehead atoms. The van der Waals surface area contributed by atoms with Gasteiger partial charge in [0.25, 0.3) is 5.91 Å². The summed E-state index contributed by atoms with van der Waals surface area (Å²) in [6, 6.07) is 19.2. The number of anilines is 3. The van der Waals surface area contributed by atoms with Crippen LogP contribution in [0.4, 0.5) is 17.1 Å². The lowest BCUT2D eigenvalue weighted by Crippen LogP contribution is -2.31. The number of nitrogens with one attached hydrogen (secondary N) is 1. The Hall–Kier alpha value is -3.58. The topological polar surface area (TPSA) is 69.7 Å². The Kier molecular flexibility index (Phi) is 6.58. The summed E-state index contributed by atoms with van der Waals surface area (Å²) in [5.41, 5.74) is 5.31. The van der Waals surface area contributed by atoms with E-state index in [4.69, 9.17) is 0 Å². The van der Waals surface area contributed by atoms with Gasteiger partial charge in [-0.3, -0.25) is 14.4 Å². The predicted octanol–water partition coefficient (Wildman–Crippen LogP) is 5.82. The van der Waals surface area contributed by atoms with Gasteiger partial charge in [0.15, 0.2) is 0 Å². The van der Waals surface area contributed by atoms with E-state index in [9.17, 15) is 14.4 Å². The number of amides is 3. The minimum absolute atomic E-state index is 0.00797. The molecule has 0 spiro atoms. The van der Waals surface area contributed by atoms with Crippen molar-refractivity contribution >= 4 is 46.5 Å². The van der Waals surface area contributed by atoms with Crippen molar-refractivity contribution in [2.75, 3.05) is 28.2 Å². The number of rotatable bonds is 5. The van der Waals surface area contributed by atoms with Gasteiger partial charge in [-0.2, -0.15) is 0 Å². The molecule has 1 fully saturated rings. The van der Waals surface area contributed by atoms with Crippen molar-refractivity contribution in [1.29, 1.82) is 0 Å². The number of hydrogen-bond donors (Lipinski definition) is 1. The van der Waals surface area contributed by atoms with Gasteiger partial charge in [0.1, 0.15) is 0 Å². The van der Waals surface area contributed by atoms with Crippen LogP contribution < -0.4 is 15.1 Å². The second kappa shape index (κ2) is 9.82. The van der Waals surface area contributed by atoms with Gasteiger partial charge in [-0.25, -0.2) is 0 Å². The Bertz CT molecular complexity index is 1370. The van der Waals surface area contributed by atoms with Crippen molar-refractivity contribution in [2.45, 2.75) is 43.4 Å². The van der Waals surface area contributed by atoms with Crippen LogP contribution in [0.15, 0.2) is 70.5 Å². The SMILES string of the molecule is CCCN1C(=O)c2ccccc2Sc2cc(NC(=O)C3CC(=O)N(c4ccc(C)c(C)c4)C3)ccc21. The number of benzene rings is 3. The molecule has 0 aromatic heterocycles. The number of fused-ring (bicyclic) bond motifs is 2. The minimum atomic E-state index is -0.426. The van der Waals surface area contributed by atoms with Crippen molar-refractivity contribution in [2.24, 2.45) is 5.92 Å². The van der Waals surface area contributed by atoms with Gasteiger partial charge in [0.05, 0.1) is 17.2 Å². The molecule has 1 N–H and O–H groups in total. The molecule has 1 atom stereocenters. The van der Waals surface area contributed by atoms with Crippen LogP contribution in [0.3, 0.4) is 0 Å². The Morgan fingerprint density at radius 3 is 2.58 bits per heavy atom. The molecule has 3 aromatic rings. The van der Waals surface area contributed by atoms with E-state index in [0.717, 1.165) is 33.2 Å². The van der Waals surface area contributed by atoms with E-state index >= 15 is 0 Å². The molecule has 2 aliphatic heterocycles. The lowest BCUT2D eigenvalue weighted by molar-refractivity contribution is -0.122. The maximum absolute atomic E-state index is 13.3. The first-order valence-corrected chi connectivity index (χ1v) is 13.1. The molecule has 1 saturated heterocycles. The fourth-order valence-corrected chi connectivity index (χ4v) is 5.84. The van der Waals surface area contributed by atoms with Crippen molar-refractivity contribution in [3.8, 4) is 0 Å². The number of carbonyl (C=O) groups excluding carboxylic acids is 3. The van der Waals surface area contributed by atoms with Gasteiger partial charge < -0.3 is 15.1 Å². The first-order valence-electron chi connectivity index (χ1n) is 12.3. The zero-order valence-electron chi connectivity index (χ0n) is 20.7. The van der Waals surface area contributed by atoms with Crippen LogP contribution in [0.5, 0.6) is 0 Å². The molecule has 3 amide bonds. The summed E-state index contributed by atoms with van der Waals surface area (Å²) in [6.45, 7) is 7.09. The second-order valence-corrected chi connectivity index (χ2v) is 10.5. The van der Waals surface area contributed by atoms with Gasteiger partial charge in [-0.1, -0.05) is 36.9 Å². The third kappa shape index (κ3) is 4.51. The van der Waals surface area contributed by atoms with E-state index < -0.39 is 5.92 Å². The number of hydrogen-bond acceptors (Lipinski definition) is 4. The van der Waals surface area contributed by atoms with E-state index in [1.165, 1.54) is 17.3 Å². The molecule has 3 aromatic carbocycles. The van der Waals surface area contributed by atoms with E-state index in [-0.39, 0.29) is 24.1 Å². The fourth-order valence-electron chi connectivity index (χ4n) is 4.72. The monoisotopic (exact) mass is 499 g/mol. The highest BCUT2D eigenvalue weighted by atomic mass is 32.2. The molecule has 7 heteroatoms. The molecule has 2 heterocycles. The van der Waals surface area contributed by atoms with E-state index in [2.05, 4.69) is 12.2 Å². The van der Waals surface area contributed by atoms with Gasteiger partial charge >= 0.3 is 0 Å². The normalized spacial score (nSPS) is 17.0. The number of nitrogens with zero attached hydrogens (tertiary/aromatic N) is 2. The van der Waals surface area contributed by atoms with Gasteiger partial charge in [0.2, 0.25) is 11.8 Å². The fraction of sp³-hybridized carbons (Fsp3) is 0.276. The highest BCUT2D eigenvalue weighted by molar-refractivity contribution is 7.99. The average molecular weight is 500 g/mol. The summed E-state index contributed by atoms with van der Waals surface area (Å²) in [5, 5.41) is 3.01. The van der Waals surface area contributed by atoms with E-state index in [1.54, 1.807) is 4.90 Å². The van der Waals surface area contributed by atoms with E-state index in [1.807, 2.05) is 79.4 Å². The highest BCUT2D eigenvalue weighted by Gasteiger charge is 2.35. The first kappa shape index (κ1) is 24.1. The highest BCUT2D eigenvalue weighted by Crippen LogP contribution is 2.42. The second-order valence-electron chi connectivity index (χ2n) is 9.40. The van der Waals surface area contributed by atoms with Gasteiger partial charge in [-0.05, 0) is 73.9 Å². The van der Waals surface area contributed by atoms with Gasteiger partial charge in [0, 0.05) is 40.7 Å². The van der Waals surface area contributed by atoms with Crippen LogP contribution in [-0.2, 0) is 9.59 Å². The lowest BCUT2D eigenvalue weighted by atomic mass is 10.1. The molecule has 0 aliphatic carbocycles. The Morgan fingerprint density at radius 1 is 1.00 bits per heavy atom. The molecule has 0 radical (unpaired) electrons. The molecule has 184 valence electrons. The number of carbonyl (C=O) groups is 3. The average Bonchev–Trinajstić information content (AvgIpc) is 3.21. The van der Waals surface area contributed by atoms with Crippen molar-refractivity contribution in [3.63, 3.8) is 0 Å². The van der Waals surface area contributed by atoms with E-state index in [0.29, 0.717) is 24.3 Å². The molecule has 6 nitrogen and oxygen atoms in total. The Morgan fingerprint density at radius 2 is 1.81 bits per heavy atom. The van der Waals surface area contributed by atoms with Crippen LogP contribution in [-0.4, -0.2) is 30.8 Å². The summed E-state index contributed by atoms with van der Waals surface area (Å²) >= 11 is 1.53. The lowest BCUT2D eigenvalue weighted by Gasteiger charge is -2.23. The first-order chi connectivity index (χ1) is 17.4. The summed E-state index contributed by atoms with van der Waals surface area (Å²) < 4.78 is 0. The maximum Gasteiger partial charge on any atom is 0.259 e. The standard InChI is InChI=1S/C29H29N3O3S/c1-4-13-31-24-12-10-21(16-26(24)36-25-8-6-5-7-23(25)29(31)35)30-28(34)20-15-27(33)32(17-20)22-11-9-18(2)19(3)14-22/h5-12,14,16,20H,4,13,15,17H2,1-3H3,(H,30,34). The molecular weight excluding hydrogens is 470 g/mol. The quantitative estimate of drug-likeness (QED) is 0.481. The van der Waals surface area contributed by atoms with Crippen LogP contribution in [0.25, 0.3) is 0 Å². The molecule has 5 rings (SSSR count). The Balaban J connectivity index is 1.36. The predicted molar refractivity (Wildman–Crippen MR) is 144 cm³/mol. The Labute approximate surface area is 215 Å². The number of aryl methyl sites for hydroxylation is 2. The van der Waals surface area contributed by atoms with Crippen molar-refractivity contribution < 1.29 is 14.4 Å². The molecule has 1 unspecified atom stereocenters. The summed E-state index contributed by atoms with van der Waals surface area (Å²) in [7, 11) is 0. The maximum atomic E-state index is 13.3. The smallest absolute Gasteiger partial charge is 0.259 e. The molecule has 2 aliphatic rings.